The summed E-state index contributed by atoms with van der Waals surface area (Å²) in [6.07, 6.45) is 2.17. The van der Waals surface area contributed by atoms with Gasteiger partial charge in [-0.2, -0.15) is 4.31 Å². The normalized spacial score (nSPS) is 18.0. The molecule has 0 spiro atoms. The first-order valence-electron chi connectivity index (χ1n) is 10.2. The molecule has 0 saturated carbocycles. The van der Waals surface area contributed by atoms with Gasteiger partial charge in [-0.3, -0.25) is 4.79 Å². The Morgan fingerprint density at radius 3 is 2.40 bits per heavy atom. The van der Waals surface area contributed by atoms with Crippen LogP contribution in [0.3, 0.4) is 0 Å². The summed E-state index contributed by atoms with van der Waals surface area (Å²) >= 11 is 1.58. The monoisotopic (exact) mass is 449 g/mol. The number of rotatable bonds is 5. The first-order chi connectivity index (χ1) is 14.4. The van der Waals surface area contributed by atoms with Crippen LogP contribution in [0.1, 0.15) is 33.0 Å². The highest BCUT2D eigenvalue weighted by Crippen LogP contribution is 2.33. The summed E-state index contributed by atoms with van der Waals surface area (Å²) in [5, 5.41) is 2.99. The molecule has 2 aliphatic rings. The van der Waals surface area contributed by atoms with Gasteiger partial charge in [0.15, 0.2) is 0 Å². The number of carbonyl (C=O) groups is 1. The topological polar surface area (TPSA) is 79.0 Å². The second-order valence-corrected chi connectivity index (χ2v) is 11.1. The van der Waals surface area contributed by atoms with E-state index in [9.17, 15) is 13.2 Å². The van der Waals surface area contributed by atoms with Gasteiger partial charge in [-0.05, 0) is 51.0 Å². The van der Waals surface area contributed by atoms with Crippen LogP contribution < -0.4 is 10.2 Å². The summed E-state index contributed by atoms with van der Waals surface area (Å²) in [4.78, 5) is 17.4. The Morgan fingerprint density at radius 2 is 1.77 bits per heavy atom. The zero-order valence-corrected chi connectivity index (χ0v) is 18.9. The van der Waals surface area contributed by atoms with E-state index in [1.54, 1.807) is 23.5 Å². The molecule has 0 radical (unpaired) electrons. The van der Waals surface area contributed by atoms with Crippen molar-refractivity contribution in [2.24, 2.45) is 0 Å². The second-order valence-electron chi connectivity index (χ2n) is 7.67. The zero-order chi connectivity index (χ0) is 21.3. The summed E-state index contributed by atoms with van der Waals surface area (Å²) in [7, 11) is -3.64. The van der Waals surface area contributed by atoms with Crippen LogP contribution in [-0.2, 0) is 14.8 Å². The van der Waals surface area contributed by atoms with Crippen LogP contribution in [0.25, 0.3) is 0 Å². The predicted molar refractivity (Wildman–Crippen MR) is 119 cm³/mol. The molecule has 9 heteroatoms. The van der Waals surface area contributed by atoms with E-state index in [-0.39, 0.29) is 10.8 Å². The summed E-state index contributed by atoms with van der Waals surface area (Å²) in [5.74, 6) is -0.210. The molecule has 2 aliphatic heterocycles. The Hall–Kier alpha value is -1.94. The highest BCUT2D eigenvalue weighted by Gasteiger charge is 2.28. The number of hydrogen-bond donors (Lipinski definition) is 1. The maximum absolute atomic E-state index is 13.1. The molecule has 1 amide bonds. The molecule has 7 nitrogen and oxygen atoms in total. The van der Waals surface area contributed by atoms with Crippen molar-refractivity contribution >= 4 is 38.6 Å². The summed E-state index contributed by atoms with van der Waals surface area (Å²) in [6, 6.07) is 6.94. The Balaban J connectivity index is 1.69. The Bertz CT molecular complexity index is 1040. The zero-order valence-electron chi connectivity index (χ0n) is 17.3. The molecule has 1 aromatic carbocycles. The fraction of sp³-hybridized carbons (Fsp3) is 0.476. The van der Waals surface area contributed by atoms with Crippen molar-refractivity contribution in [3.05, 3.63) is 39.6 Å². The van der Waals surface area contributed by atoms with Crippen molar-refractivity contribution in [1.29, 1.82) is 0 Å². The van der Waals surface area contributed by atoms with Crippen LogP contribution in [0.5, 0.6) is 0 Å². The van der Waals surface area contributed by atoms with E-state index in [1.165, 1.54) is 4.31 Å². The number of nitrogens with one attached hydrogen (secondary N) is 1. The number of amides is 1. The molecule has 1 aromatic heterocycles. The first kappa shape index (κ1) is 21.3. The van der Waals surface area contributed by atoms with Crippen molar-refractivity contribution in [3.63, 3.8) is 0 Å². The number of anilines is 2. The summed E-state index contributed by atoms with van der Waals surface area (Å²) in [6.45, 7) is 7.16. The van der Waals surface area contributed by atoms with Gasteiger partial charge in [-0.15, -0.1) is 11.3 Å². The molecular formula is C21H27N3O4S2. The molecule has 1 N–H and O–H groups in total. The molecule has 0 bridgehead atoms. The molecule has 2 saturated heterocycles. The van der Waals surface area contributed by atoms with Crippen LogP contribution in [0, 0.1) is 13.8 Å². The lowest BCUT2D eigenvalue weighted by Gasteiger charge is -2.27. The molecule has 2 aromatic rings. The van der Waals surface area contributed by atoms with Crippen LogP contribution in [0.4, 0.5) is 11.4 Å². The third-order valence-corrected chi connectivity index (χ3v) is 8.42. The molecule has 162 valence electrons. The van der Waals surface area contributed by atoms with Crippen molar-refractivity contribution in [2.75, 3.05) is 49.6 Å². The standard InChI is InChI=1S/C21H27N3O4S2/c1-15-13-18(16(2)29-15)21(25)22-19-14-17(5-6-20(19)23-7-3-4-8-23)30(26,27)24-9-11-28-12-10-24/h5-6,13-14H,3-4,7-12H2,1-2H3,(H,22,25). The van der Waals surface area contributed by atoms with E-state index in [2.05, 4.69) is 10.2 Å². The van der Waals surface area contributed by atoms with Crippen molar-refractivity contribution < 1.29 is 17.9 Å². The lowest BCUT2D eigenvalue weighted by molar-refractivity contribution is 0.0730. The average molecular weight is 450 g/mol. The first-order valence-corrected chi connectivity index (χ1v) is 12.5. The van der Waals surface area contributed by atoms with Crippen LogP contribution in [0.15, 0.2) is 29.2 Å². The maximum Gasteiger partial charge on any atom is 0.256 e. The molecular weight excluding hydrogens is 422 g/mol. The van der Waals surface area contributed by atoms with E-state index in [1.807, 2.05) is 26.0 Å². The molecule has 0 unspecified atom stereocenters. The molecule has 0 aliphatic carbocycles. The van der Waals surface area contributed by atoms with Gasteiger partial charge in [0.2, 0.25) is 10.0 Å². The van der Waals surface area contributed by atoms with Gasteiger partial charge in [0.05, 0.1) is 35.0 Å². The Labute approximate surface area is 181 Å². The quantitative estimate of drug-likeness (QED) is 0.758. The number of benzene rings is 1. The molecule has 3 heterocycles. The molecule has 2 fully saturated rings. The Morgan fingerprint density at radius 1 is 1.07 bits per heavy atom. The van der Waals surface area contributed by atoms with Gasteiger partial charge >= 0.3 is 0 Å². The number of nitrogens with zero attached hydrogens (tertiary/aromatic N) is 2. The minimum absolute atomic E-state index is 0.195. The van der Waals surface area contributed by atoms with Crippen molar-refractivity contribution in [1.82, 2.24) is 4.31 Å². The van der Waals surface area contributed by atoms with Gasteiger partial charge in [0.25, 0.3) is 5.91 Å². The lowest BCUT2D eigenvalue weighted by atomic mass is 10.2. The minimum atomic E-state index is -3.64. The van der Waals surface area contributed by atoms with E-state index >= 15 is 0 Å². The third-order valence-electron chi connectivity index (χ3n) is 5.56. The van der Waals surface area contributed by atoms with Gasteiger partial charge in [-0.1, -0.05) is 0 Å². The van der Waals surface area contributed by atoms with E-state index in [0.29, 0.717) is 37.6 Å². The highest BCUT2D eigenvalue weighted by atomic mass is 32.2. The van der Waals surface area contributed by atoms with Crippen LogP contribution in [0.2, 0.25) is 0 Å². The van der Waals surface area contributed by atoms with Crippen molar-refractivity contribution in [2.45, 2.75) is 31.6 Å². The van der Waals surface area contributed by atoms with Crippen LogP contribution in [-0.4, -0.2) is 58.0 Å². The molecule has 30 heavy (non-hydrogen) atoms. The van der Waals surface area contributed by atoms with Crippen LogP contribution >= 0.6 is 11.3 Å². The van der Waals surface area contributed by atoms with Gasteiger partial charge in [0.1, 0.15) is 0 Å². The average Bonchev–Trinajstić information content (AvgIpc) is 3.38. The van der Waals surface area contributed by atoms with E-state index < -0.39 is 10.0 Å². The number of thiophene rings is 1. The molecule has 4 rings (SSSR count). The Kier molecular flexibility index (Phi) is 6.15. The SMILES string of the molecule is Cc1cc(C(=O)Nc2cc(S(=O)(=O)N3CCOCC3)ccc2N2CCCC2)c(C)s1. The number of morpholine rings is 1. The van der Waals surface area contributed by atoms with E-state index in [4.69, 9.17) is 4.74 Å². The second kappa shape index (κ2) is 8.66. The number of carbonyl (C=O) groups excluding carboxylic acids is 1. The third kappa shape index (κ3) is 4.25. The summed E-state index contributed by atoms with van der Waals surface area (Å²) < 4.78 is 33.0. The maximum atomic E-state index is 13.1. The number of hydrogen-bond acceptors (Lipinski definition) is 6. The minimum Gasteiger partial charge on any atom is -0.379 e. The fourth-order valence-electron chi connectivity index (χ4n) is 3.99. The predicted octanol–water partition coefficient (Wildman–Crippen LogP) is 3.24. The van der Waals surface area contributed by atoms with Gasteiger partial charge in [0, 0.05) is 35.9 Å². The molecule has 0 atom stereocenters. The summed E-state index contributed by atoms with van der Waals surface area (Å²) in [5.41, 5.74) is 2.04. The van der Waals surface area contributed by atoms with Gasteiger partial charge in [-0.25, -0.2) is 8.42 Å². The van der Waals surface area contributed by atoms with Gasteiger partial charge < -0.3 is 15.0 Å². The van der Waals surface area contributed by atoms with Crippen molar-refractivity contribution in [3.8, 4) is 0 Å². The largest absolute Gasteiger partial charge is 0.379 e. The highest BCUT2D eigenvalue weighted by molar-refractivity contribution is 7.89. The number of ether oxygens (including phenoxy) is 1. The number of sulfonamides is 1. The fourth-order valence-corrected chi connectivity index (χ4v) is 6.35. The smallest absolute Gasteiger partial charge is 0.256 e. The lowest BCUT2D eigenvalue weighted by Crippen LogP contribution is -2.40. The number of aryl methyl sites for hydroxylation is 2. The van der Waals surface area contributed by atoms with E-state index in [0.717, 1.165) is 41.4 Å².